The second kappa shape index (κ2) is 6.11. The summed E-state index contributed by atoms with van der Waals surface area (Å²) >= 11 is 0. The number of anilines is 1. The highest BCUT2D eigenvalue weighted by Gasteiger charge is 2.05. The smallest absolute Gasteiger partial charge is 0.254 e. The fraction of sp³-hybridized carbons (Fsp3) is 0.176. The molecular formula is C17H17N7. The van der Waals surface area contributed by atoms with Gasteiger partial charge in [-0.05, 0) is 37.1 Å². The Hall–Kier alpha value is -3.22. The number of aryl methyl sites for hydroxylation is 1. The summed E-state index contributed by atoms with van der Waals surface area (Å²) in [4.78, 5) is 8.47. The van der Waals surface area contributed by atoms with Crippen molar-refractivity contribution in [1.29, 1.82) is 0 Å². The molecule has 120 valence electrons. The van der Waals surface area contributed by atoms with Gasteiger partial charge in [-0.1, -0.05) is 12.1 Å². The van der Waals surface area contributed by atoms with Gasteiger partial charge in [-0.25, -0.2) is 9.67 Å². The van der Waals surface area contributed by atoms with Gasteiger partial charge in [0.2, 0.25) is 0 Å². The Labute approximate surface area is 139 Å². The van der Waals surface area contributed by atoms with Crippen LogP contribution >= 0.6 is 0 Å². The highest BCUT2D eigenvalue weighted by molar-refractivity contribution is 5.44. The van der Waals surface area contributed by atoms with E-state index >= 15 is 0 Å². The highest BCUT2D eigenvalue weighted by Crippen LogP contribution is 2.12. The van der Waals surface area contributed by atoms with E-state index in [4.69, 9.17) is 0 Å². The lowest BCUT2D eigenvalue weighted by Gasteiger charge is -2.09. The van der Waals surface area contributed by atoms with Gasteiger partial charge in [-0.3, -0.25) is 0 Å². The van der Waals surface area contributed by atoms with Crippen LogP contribution in [-0.2, 0) is 6.42 Å². The van der Waals surface area contributed by atoms with Crippen LogP contribution in [0.2, 0.25) is 0 Å². The van der Waals surface area contributed by atoms with Crippen molar-refractivity contribution in [2.24, 2.45) is 0 Å². The molecule has 0 saturated heterocycles. The van der Waals surface area contributed by atoms with Crippen molar-refractivity contribution in [2.75, 3.05) is 11.9 Å². The number of hydrogen-bond donors (Lipinski definition) is 1. The predicted octanol–water partition coefficient (Wildman–Crippen LogP) is 2.27. The summed E-state index contributed by atoms with van der Waals surface area (Å²) in [7, 11) is 0. The Morgan fingerprint density at radius 1 is 1.12 bits per heavy atom. The van der Waals surface area contributed by atoms with E-state index < -0.39 is 0 Å². The Balaban J connectivity index is 1.42. The third kappa shape index (κ3) is 2.83. The minimum Gasteiger partial charge on any atom is -0.370 e. The quantitative estimate of drug-likeness (QED) is 0.611. The van der Waals surface area contributed by atoms with Crippen LogP contribution in [0.1, 0.15) is 11.3 Å². The molecule has 7 heteroatoms. The fourth-order valence-corrected chi connectivity index (χ4v) is 2.63. The predicted molar refractivity (Wildman–Crippen MR) is 91.3 cm³/mol. The van der Waals surface area contributed by atoms with Crippen LogP contribution in [0.4, 0.5) is 5.82 Å². The Morgan fingerprint density at radius 2 is 2.00 bits per heavy atom. The van der Waals surface area contributed by atoms with Gasteiger partial charge < -0.3 is 5.32 Å². The normalized spacial score (nSPS) is 11.0. The average Bonchev–Trinajstić information content (AvgIpc) is 3.26. The zero-order valence-electron chi connectivity index (χ0n) is 13.3. The molecule has 0 saturated carbocycles. The van der Waals surface area contributed by atoms with Crippen molar-refractivity contribution in [3.05, 3.63) is 66.4 Å². The van der Waals surface area contributed by atoms with Crippen LogP contribution < -0.4 is 5.32 Å². The van der Waals surface area contributed by atoms with Gasteiger partial charge in [0.25, 0.3) is 5.78 Å². The molecule has 1 aromatic carbocycles. The van der Waals surface area contributed by atoms with Gasteiger partial charge in [-0.2, -0.15) is 19.7 Å². The molecule has 1 N–H and O–H groups in total. The molecule has 0 spiro atoms. The summed E-state index contributed by atoms with van der Waals surface area (Å²) in [5.74, 6) is 1.52. The Morgan fingerprint density at radius 3 is 2.79 bits per heavy atom. The fourth-order valence-electron chi connectivity index (χ4n) is 2.63. The molecule has 7 nitrogen and oxygen atoms in total. The molecule has 3 aromatic heterocycles. The topological polar surface area (TPSA) is 72.9 Å². The molecule has 4 aromatic rings. The molecule has 0 aliphatic heterocycles. The molecule has 0 atom stereocenters. The SMILES string of the molecule is Cc1cc(NCCc2ccc(-n3cccn3)cc2)n2ncnc2n1. The molecule has 4 rings (SSSR count). The first-order valence-corrected chi connectivity index (χ1v) is 7.80. The summed E-state index contributed by atoms with van der Waals surface area (Å²) in [6.07, 6.45) is 6.14. The Bertz CT molecular complexity index is 939. The van der Waals surface area contributed by atoms with Gasteiger partial charge in [0.15, 0.2) is 0 Å². The molecule has 0 aliphatic carbocycles. The number of hydrogen-bond acceptors (Lipinski definition) is 5. The number of benzene rings is 1. The maximum absolute atomic E-state index is 4.34. The van der Waals surface area contributed by atoms with Gasteiger partial charge in [0.1, 0.15) is 12.1 Å². The van der Waals surface area contributed by atoms with Crippen LogP contribution in [0.3, 0.4) is 0 Å². The molecular weight excluding hydrogens is 302 g/mol. The average molecular weight is 319 g/mol. The van der Waals surface area contributed by atoms with Gasteiger partial charge >= 0.3 is 0 Å². The summed E-state index contributed by atoms with van der Waals surface area (Å²) in [5.41, 5.74) is 3.24. The first-order chi connectivity index (χ1) is 11.8. The lowest BCUT2D eigenvalue weighted by atomic mass is 10.1. The van der Waals surface area contributed by atoms with E-state index in [-0.39, 0.29) is 0 Å². The number of nitrogens with zero attached hydrogens (tertiary/aromatic N) is 6. The number of rotatable bonds is 5. The van der Waals surface area contributed by atoms with Crippen LogP contribution in [0.5, 0.6) is 0 Å². The van der Waals surface area contributed by atoms with Gasteiger partial charge in [0, 0.05) is 30.7 Å². The number of nitrogens with one attached hydrogen (secondary N) is 1. The zero-order valence-corrected chi connectivity index (χ0v) is 13.3. The molecule has 0 fully saturated rings. The minimum absolute atomic E-state index is 0.612. The van der Waals surface area contributed by atoms with E-state index in [0.29, 0.717) is 5.78 Å². The van der Waals surface area contributed by atoms with E-state index in [1.807, 2.05) is 29.9 Å². The van der Waals surface area contributed by atoms with Gasteiger partial charge in [0.05, 0.1) is 5.69 Å². The van der Waals surface area contributed by atoms with E-state index in [0.717, 1.165) is 30.2 Å². The molecule has 0 aliphatic rings. The van der Waals surface area contributed by atoms with Crippen LogP contribution in [0.15, 0.2) is 55.1 Å². The third-order valence-electron chi connectivity index (χ3n) is 3.80. The molecule has 0 amide bonds. The lowest BCUT2D eigenvalue weighted by molar-refractivity contribution is 0.877. The summed E-state index contributed by atoms with van der Waals surface area (Å²) in [6.45, 7) is 2.76. The number of aromatic nitrogens is 6. The first kappa shape index (κ1) is 14.4. The first-order valence-electron chi connectivity index (χ1n) is 7.80. The largest absolute Gasteiger partial charge is 0.370 e. The van der Waals surface area contributed by atoms with E-state index in [1.54, 1.807) is 10.7 Å². The van der Waals surface area contributed by atoms with Gasteiger partial charge in [-0.15, -0.1) is 0 Å². The van der Waals surface area contributed by atoms with Crippen molar-refractivity contribution < 1.29 is 0 Å². The van der Waals surface area contributed by atoms with Crippen LogP contribution in [0.25, 0.3) is 11.5 Å². The molecule has 0 radical (unpaired) electrons. The number of fused-ring (bicyclic) bond motifs is 1. The lowest BCUT2D eigenvalue weighted by Crippen LogP contribution is -2.10. The maximum atomic E-state index is 4.34. The van der Waals surface area contributed by atoms with E-state index in [9.17, 15) is 0 Å². The van der Waals surface area contributed by atoms with Crippen molar-refractivity contribution in [3.8, 4) is 5.69 Å². The third-order valence-corrected chi connectivity index (χ3v) is 3.80. The molecule has 3 heterocycles. The minimum atomic E-state index is 0.612. The molecule has 0 unspecified atom stereocenters. The van der Waals surface area contributed by atoms with Crippen molar-refractivity contribution in [2.45, 2.75) is 13.3 Å². The van der Waals surface area contributed by atoms with Crippen LogP contribution in [0, 0.1) is 6.92 Å². The second-order valence-electron chi connectivity index (χ2n) is 5.55. The highest BCUT2D eigenvalue weighted by atomic mass is 15.3. The summed E-state index contributed by atoms with van der Waals surface area (Å²) in [5, 5.41) is 11.8. The summed E-state index contributed by atoms with van der Waals surface area (Å²) in [6, 6.07) is 12.3. The van der Waals surface area contributed by atoms with Crippen molar-refractivity contribution in [1.82, 2.24) is 29.4 Å². The monoisotopic (exact) mass is 319 g/mol. The molecule has 24 heavy (non-hydrogen) atoms. The maximum Gasteiger partial charge on any atom is 0.254 e. The standard InChI is InChI=1S/C17H17N7/c1-13-11-16(24-17(22-13)19-12-21-24)18-9-7-14-3-5-15(6-4-14)23-10-2-8-20-23/h2-6,8,10-12,18H,7,9H2,1H3. The Kier molecular flexibility index (Phi) is 3.66. The van der Waals surface area contributed by atoms with E-state index in [2.05, 4.69) is 49.7 Å². The van der Waals surface area contributed by atoms with Crippen LogP contribution in [-0.4, -0.2) is 35.9 Å². The summed E-state index contributed by atoms with van der Waals surface area (Å²) < 4.78 is 3.57. The second-order valence-corrected chi connectivity index (χ2v) is 5.55. The van der Waals surface area contributed by atoms with Crippen molar-refractivity contribution in [3.63, 3.8) is 0 Å². The van der Waals surface area contributed by atoms with Crippen molar-refractivity contribution >= 4 is 11.6 Å². The zero-order chi connectivity index (χ0) is 16.4. The molecule has 0 bridgehead atoms. The van der Waals surface area contributed by atoms with E-state index in [1.165, 1.54) is 11.9 Å².